The summed E-state index contributed by atoms with van der Waals surface area (Å²) in [6.07, 6.45) is 2.11. The summed E-state index contributed by atoms with van der Waals surface area (Å²) in [6.45, 7) is 4.13. The largest absolute Gasteiger partial charge is 0.354 e. The van der Waals surface area contributed by atoms with E-state index in [4.69, 9.17) is 0 Å². The number of rotatable bonds is 7. The first kappa shape index (κ1) is 17.4. The molecule has 1 aromatic carbocycles. The lowest BCUT2D eigenvalue weighted by Gasteiger charge is -2.30. The predicted molar refractivity (Wildman–Crippen MR) is 81.1 cm³/mol. The molecule has 0 bridgehead atoms. The van der Waals surface area contributed by atoms with Crippen molar-refractivity contribution in [3.8, 4) is 0 Å². The number of nitrogens with zero attached hydrogens (tertiary/aromatic N) is 1. The molecule has 0 radical (unpaired) electrons. The molecule has 0 saturated heterocycles. The van der Waals surface area contributed by atoms with Crippen LogP contribution in [0.1, 0.15) is 26.7 Å². The van der Waals surface area contributed by atoms with Crippen LogP contribution in [0.4, 0.5) is 10.1 Å². The van der Waals surface area contributed by atoms with Crippen LogP contribution in [0, 0.1) is 5.82 Å². The van der Waals surface area contributed by atoms with Gasteiger partial charge in [-0.1, -0.05) is 13.8 Å². The number of amides is 1. The Morgan fingerprint density at radius 1 is 1.29 bits per heavy atom. The molecule has 0 aliphatic heterocycles. The molecule has 0 heterocycles. The Morgan fingerprint density at radius 2 is 1.86 bits per heavy atom. The summed E-state index contributed by atoms with van der Waals surface area (Å²) in [6, 6.07) is 4.20. The van der Waals surface area contributed by atoms with Crippen molar-refractivity contribution < 1.29 is 17.6 Å². The van der Waals surface area contributed by atoms with Crippen LogP contribution in [-0.2, 0) is 14.8 Å². The first-order valence-electron chi connectivity index (χ1n) is 6.84. The maximum Gasteiger partial charge on any atom is 0.243 e. The molecule has 1 aromatic rings. The summed E-state index contributed by atoms with van der Waals surface area (Å²) in [4.78, 5) is 12.2. The highest BCUT2D eigenvalue weighted by atomic mass is 32.2. The third kappa shape index (κ3) is 4.70. The molecule has 1 atom stereocenters. The number of hydrogen-bond acceptors (Lipinski definition) is 3. The molecule has 0 fully saturated rings. The minimum Gasteiger partial charge on any atom is -0.354 e. The molecule has 118 valence electrons. The highest BCUT2D eigenvalue weighted by Crippen LogP contribution is 2.22. The van der Waals surface area contributed by atoms with E-state index in [9.17, 15) is 17.6 Å². The lowest BCUT2D eigenvalue weighted by Crippen LogP contribution is -2.49. The molecule has 0 aliphatic carbocycles. The first-order chi connectivity index (χ1) is 9.81. The SMILES string of the molecule is CCCNC(=O)[C@@H](CC)N(c1ccc(F)cc1)S(C)(=O)=O. The molecule has 7 heteroatoms. The molecular formula is C14H21FN2O3S. The van der Waals surface area contributed by atoms with Gasteiger partial charge in [0.2, 0.25) is 15.9 Å². The maximum absolute atomic E-state index is 13.0. The zero-order chi connectivity index (χ0) is 16.0. The molecule has 0 saturated carbocycles. The Labute approximate surface area is 125 Å². The molecule has 5 nitrogen and oxygen atoms in total. The van der Waals surface area contributed by atoms with Crippen LogP contribution < -0.4 is 9.62 Å². The maximum atomic E-state index is 13.0. The van der Waals surface area contributed by atoms with Crippen LogP contribution in [0.25, 0.3) is 0 Å². The number of hydrogen-bond donors (Lipinski definition) is 1. The zero-order valence-corrected chi connectivity index (χ0v) is 13.3. The van der Waals surface area contributed by atoms with E-state index in [0.29, 0.717) is 13.0 Å². The van der Waals surface area contributed by atoms with Crippen molar-refractivity contribution in [1.29, 1.82) is 0 Å². The Bertz CT molecular complexity index is 572. The number of nitrogens with one attached hydrogen (secondary N) is 1. The van der Waals surface area contributed by atoms with Gasteiger partial charge in [-0.05, 0) is 37.1 Å². The molecule has 0 unspecified atom stereocenters. The number of carbonyl (C=O) groups excluding carboxylic acids is 1. The number of benzene rings is 1. The summed E-state index contributed by atoms with van der Waals surface area (Å²) in [7, 11) is -3.66. The monoisotopic (exact) mass is 316 g/mol. The van der Waals surface area contributed by atoms with E-state index < -0.39 is 21.9 Å². The molecule has 1 N–H and O–H groups in total. The standard InChI is InChI=1S/C14H21FN2O3S/c1-4-10-16-14(18)13(5-2)17(21(3,19)20)12-8-6-11(15)7-9-12/h6-9,13H,4-5,10H2,1-3H3,(H,16,18)/t13-/m1/s1. The van der Waals surface area contributed by atoms with Crippen molar-refractivity contribution >= 4 is 21.6 Å². The highest BCUT2D eigenvalue weighted by molar-refractivity contribution is 7.92. The molecular weight excluding hydrogens is 295 g/mol. The van der Waals surface area contributed by atoms with E-state index in [-0.39, 0.29) is 11.6 Å². The summed E-state index contributed by atoms with van der Waals surface area (Å²) in [5.41, 5.74) is 0.275. The lowest BCUT2D eigenvalue weighted by molar-refractivity contribution is -0.122. The minimum absolute atomic E-state index is 0.275. The van der Waals surface area contributed by atoms with Gasteiger partial charge >= 0.3 is 0 Å². The topological polar surface area (TPSA) is 66.5 Å². The van der Waals surface area contributed by atoms with E-state index in [1.165, 1.54) is 24.3 Å². The average Bonchev–Trinajstić information content (AvgIpc) is 2.42. The van der Waals surface area contributed by atoms with Gasteiger partial charge in [-0.25, -0.2) is 12.8 Å². The second kappa shape index (κ2) is 7.40. The van der Waals surface area contributed by atoms with Gasteiger partial charge in [0.25, 0.3) is 0 Å². The van der Waals surface area contributed by atoms with Gasteiger partial charge in [-0.3, -0.25) is 9.10 Å². The fraction of sp³-hybridized carbons (Fsp3) is 0.500. The lowest BCUT2D eigenvalue weighted by atomic mass is 10.2. The quantitative estimate of drug-likeness (QED) is 0.835. The van der Waals surface area contributed by atoms with Crippen LogP contribution in [0.5, 0.6) is 0 Å². The number of sulfonamides is 1. The van der Waals surface area contributed by atoms with Crippen molar-refractivity contribution in [2.45, 2.75) is 32.7 Å². The van der Waals surface area contributed by atoms with Gasteiger partial charge in [0.15, 0.2) is 0 Å². The minimum atomic E-state index is -3.66. The van der Waals surface area contributed by atoms with Crippen LogP contribution in [-0.4, -0.2) is 33.2 Å². The number of anilines is 1. The van der Waals surface area contributed by atoms with Crippen LogP contribution in [0.2, 0.25) is 0 Å². The first-order valence-corrected chi connectivity index (χ1v) is 8.68. The Balaban J connectivity index is 3.17. The molecule has 0 aliphatic rings. The van der Waals surface area contributed by atoms with Gasteiger partial charge in [-0.2, -0.15) is 0 Å². The van der Waals surface area contributed by atoms with Crippen molar-refractivity contribution in [2.24, 2.45) is 0 Å². The van der Waals surface area contributed by atoms with Gasteiger partial charge < -0.3 is 5.32 Å². The smallest absolute Gasteiger partial charge is 0.243 e. The second-order valence-corrected chi connectivity index (χ2v) is 6.61. The van der Waals surface area contributed by atoms with Crippen molar-refractivity contribution in [3.63, 3.8) is 0 Å². The summed E-state index contributed by atoms with van der Waals surface area (Å²) >= 11 is 0. The highest BCUT2D eigenvalue weighted by Gasteiger charge is 2.31. The zero-order valence-electron chi connectivity index (χ0n) is 12.5. The van der Waals surface area contributed by atoms with E-state index in [1.807, 2.05) is 6.92 Å². The van der Waals surface area contributed by atoms with Gasteiger partial charge in [0, 0.05) is 6.54 Å². The Hall–Kier alpha value is -1.63. The predicted octanol–water partition coefficient (Wildman–Crippen LogP) is 1.90. The van der Waals surface area contributed by atoms with E-state index >= 15 is 0 Å². The molecule has 1 rings (SSSR count). The molecule has 0 aromatic heterocycles. The normalized spacial score (nSPS) is 12.8. The summed E-state index contributed by atoms with van der Waals surface area (Å²) in [5, 5.41) is 2.70. The number of halogens is 1. The summed E-state index contributed by atoms with van der Waals surface area (Å²) < 4.78 is 38.1. The molecule has 21 heavy (non-hydrogen) atoms. The van der Waals surface area contributed by atoms with E-state index in [0.717, 1.165) is 17.0 Å². The van der Waals surface area contributed by atoms with Crippen molar-refractivity contribution in [2.75, 3.05) is 17.1 Å². The number of carbonyl (C=O) groups is 1. The third-order valence-corrected chi connectivity index (χ3v) is 4.14. The fourth-order valence-electron chi connectivity index (χ4n) is 2.01. The van der Waals surface area contributed by atoms with E-state index in [2.05, 4.69) is 5.32 Å². The summed E-state index contributed by atoms with van der Waals surface area (Å²) in [5.74, 6) is -0.815. The van der Waals surface area contributed by atoms with E-state index in [1.54, 1.807) is 6.92 Å². The molecule has 0 spiro atoms. The Kier molecular flexibility index (Phi) is 6.14. The van der Waals surface area contributed by atoms with Gasteiger partial charge in [-0.15, -0.1) is 0 Å². The van der Waals surface area contributed by atoms with Gasteiger partial charge in [0.1, 0.15) is 11.9 Å². The van der Waals surface area contributed by atoms with Crippen molar-refractivity contribution in [1.82, 2.24) is 5.32 Å². The van der Waals surface area contributed by atoms with Crippen LogP contribution >= 0.6 is 0 Å². The van der Waals surface area contributed by atoms with Crippen LogP contribution in [0.15, 0.2) is 24.3 Å². The van der Waals surface area contributed by atoms with Crippen molar-refractivity contribution in [3.05, 3.63) is 30.1 Å². The second-order valence-electron chi connectivity index (χ2n) is 4.75. The van der Waals surface area contributed by atoms with Gasteiger partial charge in [0.05, 0.1) is 11.9 Å². The average molecular weight is 316 g/mol. The van der Waals surface area contributed by atoms with Crippen LogP contribution in [0.3, 0.4) is 0 Å². The molecule has 1 amide bonds. The fourth-order valence-corrected chi connectivity index (χ4v) is 3.23. The Morgan fingerprint density at radius 3 is 2.29 bits per heavy atom. The third-order valence-electron chi connectivity index (χ3n) is 2.96.